The van der Waals surface area contributed by atoms with Crippen LogP contribution in [0.5, 0.6) is 5.75 Å². The first-order valence-electron chi connectivity index (χ1n) is 7.44. The molecule has 3 heteroatoms. The summed E-state index contributed by atoms with van der Waals surface area (Å²) in [4.78, 5) is 4.09. The fourth-order valence-corrected chi connectivity index (χ4v) is 2.66. The second kappa shape index (κ2) is 7.79. The fourth-order valence-electron chi connectivity index (χ4n) is 2.66. The molecule has 0 saturated heterocycles. The Kier molecular flexibility index (Phi) is 5.76. The first-order valence-corrected chi connectivity index (χ1v) is 7.44. The highest BCUT2D eigenvalue weighted by molar-refractivity contribution is 5.27. The zero-order chi connectivity index (χ0) is 15.1. The summed E-state index contributed by atoms with van der Waals surface area (Å²) in [5.41, 5.74) is 2.68. The Morgan fingerprint density at radius 2 is 1.76 bits per heavy atom. The summed E-state index contributed by atoms with van der Waals surface area (Å²) >= 11 is 0. The number of nitrogens with zero attached hydrogens (tertiary/aromatic N) is 1. The Hall–Kier alpha value is -1.87. The number of benzene rings is 1. The summed E-state index contributed by atoms with van der Waals surface area (Å²) < 4.78 is 5.19. The summed E-state index contributed by atoms with van der Waals surface area (Å²) in [6.45, 7) is 2.27. The largest absolute Gasteiger partial charge is 0.497 e. The molecule has 2 atom stereocenters. The molecule has 1 aromatic heterocycles. The van der Waals surface area contributed by atoms with Gasteiger partial charge in [0.2, 0.25) is 0 Å². The molecule has 3 nitrogen and oxygen atoms in total. The van der Waals surface area contributed by atoms with Crippen LogP contribution in [-0.2, 0) is 6.42 Å². The number of aromatic nitrogens is 1. The first-order chi connectivity index (χ1) is 10.2. The second-order valence-corrected chi connectivity index (χ2v) is 5.35. The third-order valence-electron chi connectivity index (χ3n) is 4.11. The van der Waals surface area contributed by atoms with Crippen molar-refractivity contribution in [2.45, 2.75) is 31.7 Å². The monoisotopic (exact) mass is 284 g/mol. The van der Waals surface area contributed by atoms with Gasteiger partial charge in [0.05, 0.1) is 7.11 Å². The topological polar surface area (TPSA) is 34.1 Å². The molecule has 0 bridgehead atoms. The van der Waals surface area contributed by atoms with Crippen LogP contribution >= 0.6 is 0 Å². The van der Waals surface area contributed by atoms with Crippen molar-refractivity contribution in [3.63, 3.8) is 0 Å². The van der Waals surface area contributed by atoms with Crippen LogP contribution in [0, 0.1) is 0 Å². The number of hydrogen-bond donors (Lipinski definition) is 1. The van der Waals surface area contributed by atoms with E-state index in [2.05, 4.69) is 41.5 Å². The summed E-state index contributed by atoms with van der Waals surface area (Å²) in [5, 5.41) is 3.45. The summed E-state index contributed by atoms with van der Waals surface area (Å²) in [6, 6.07) is 13.0. The SMILES string of the molecule is CNC(CCc1ccc(OC)cc1)C(C)c1ccncc1. The molecule has 0 spiro atoms. The molecule has 21 heavy (non-hydrogen) atoms. The van der Waals surface area contributed by atoms with Gasteiger partial charge in [-0.2, -0.15) is 0 Å². The quantitative estimate of drug-likeness (QED) is 0.846. The number of aryl methyl sites for hydroxylation is 1. The number of nitrogens with one attached hydrogen (secondary N) is 1. The lowest BCUT2D eigenvalue weighted by atomic mass is 9.90. The molecule has 0 radical (unpaired) electrons. The highest BCUT2D eigenvalue weighted by Gasteiger charge is 2.17. The maximum atomic E-state index is 5.19. The fraction of sp³-hybridized carbons (Fsp3) is 0.389. The van der Waals surface area contributed by atoms with Crippen molar-refractivity contribution in [2.24, 2.45) is 0 Å². The van der Waals surface area contributed by atoms with Crippen molar-refractivity contribution in [3.05, 3.63) is 59.9 Å². The molecule has 0 amide bonds. The standard InChI is InChI=1S/C18H24N2O/c1-14(16-10-12-20-13-11-16)18(19-2)9-6-15-4-7-17(21-3)8-5-15/h4-5,7-8,10-14,18-19H,6,9H2,1-3H3. The van der Waals surface area contributed by atoms with Gasteiger partial charge in [-0.1, -0.05) is 19.1 Å². The van der Waals surface area contributed by atoms with E-state index in [1.54, 1.807) is 7.11 Å². The van der Waals surface area contributed by atoms with Gasteiger partial charge in [0.1, 0.15) is 5.75 Å². The van der Waals surface area contributed by atoms with Gasteiger partial charge in [-0.3, -0.25) is 4.98 Å². The molecular weight excluding hydrogens is 260 g/mol. The van der Waals surface area contributed by atoms with E-state index in [-0.39, 0.29) is 0 Å². The van der Waals surface area contributed by atoms with E-state index < -0.39 is 0 Å². The van der Waals surface area contributed by atoms with Gasteiger partial charge in [0.25, 0.3) is 0 Å². The van der Waals surface area contributed by atoms with Crippen molar-refractivity contribution in [3.8, 4) is 5.75 Å². The number of likely N-dealkylation sites (N-methyl/N-ethyl adjacent to an activating group) is 1. The van der Waals surface area contributed by atoms with E-state index in [0.29, 0.717) is 12.0 Å². The molecule has 1 N–H and O–H groups in total. The lowest BCUT2D eigenvalue weighted by molar-refractivity contribution is 0.414. The predicted molar refractivity (Wildman–Crippen MR) is 86.8 cm³/mol. The Balaban J connectivity index is 1.95. The molecular formula is C18H24N2O. The average molecular weight is 284 g/mol. The molecule has 1 heterocycles. The number of pyridine rings is 1. The normalized spacial score (nSPS) is 13.7. The molecule has 0 aliphatic carbocycles. The zero-order valence-corrected chi connectivity index (χ0v) is 13.0. The van der Waals surface area contributed by atoms with Crippen molar-refractivity contribution >= 4 is 0 Å². The van der Waals surface area contributed by atoms with Gasteiger partial charge >= 0.3 is 0 Å². The Morgan fingerprint density at radius 3 is 2.33 bits per heavy atom. The Morgan fingerprint density at radius 1 is 1.10 bits per heavy atom. The number of hydrogen-bond acceptors (Lipinski definition) is 3. The third-order valence-corrected chi connectivity index (χ3v) is 4.11. The van der Waals surface area contributed by atoms with Crippen LogP contribution in [0.4, 0.5) is 0 Å². The number of methoxy groups -OCH3 is 1. The smallest absolute Gasteiger partial charge is 0.118 e. The first kappa shape index (κ1) is 15.5. The average Bonchev–Trinajstić information content (AvgIpc) is 2.56. The molecule has 2 unspecified atom stereocenters. The number of ether oxygens (including phenoxy) is 1. The van der Waals surface area contributed by atoms with E-state index in [4.69, 9.17) is 4.74 Å². The maximum Gasteiger partial charge on any atom is 0.118 e. The minimum absolute atomic E-state index is 0.453. The molecule has 112 valence electrons. The van der Waals surface area contributed by atoms with Crippen molar-refractivity contribution in [1.82, 2.24) is 10.3 Å². The van der Waals surface area contributed by atoms with Crippen molar-refractivity contribution in [1.29, 1.82) is 0 Å². The highest BCUT2D eigenvalue weighted by atomic mass is 16.5. The van der Waals surface area contributed by atoms with Crippen molar-refractivity contribution < 1.29 is 4.74 Å². The van der Waals surface area contributed by atoms with Crippen LogP contribution < -0.4 is 10.1 Å². The van der Waals surface area contributed by atoms with E-state index >= 15 is 0 Å². The number of rotatable bonds is 7. The Labute approximate surface area is 127 Å². The summed E-state index contributed by atoms with van der Waals surface area (Å²) in [5.74, 6) is 1.38. The lowest BCUT2D eigenvalue weighted by Gasteiger charge is -2.24. The van der Waals surface area contributed by atoms with Crippen LogP contribution in [0.1, 0.15) is 30.4 Å². The minimum Gasteiger partial charge on any atom is -0.497 e. The Bertz CT molecular complexity index is 525. The van der Waals surface area contributed by atoms with Gasteiger partial charge in [-0.25, -0.2) is 0 Å². The van der Waals surface area contributed by atoms with Crippen LogP contribution in [0.15, 0.2) is 48.8 Å². The highest BCUT2D eigenvalue weighted by Crippen LogP contribution is 2.22. The summed E-state index contributed by atoms with van der Waals surface area (Å²) in [7, 11) is 3.73. The van der Waals surface area contributed by atoms with E-state index in [0.717, 1.165) is 18.6 Å². The molecule has 0 saturated carbocycles. The van der Waals surface area contributed by atoms with Crippen LogP contribution in [0.25, 0.3) is 0 Å². The zero-order valence-electron chi connectivity index (χ0n) is 13.0. The minimum atomic E-state index is 0.453. The maximum absolute atomic E-state index is 5.19. The lowest BCUT2D eigenvalue weighted by Crippen LogP contribution is -2.31. The molecule has 0 fully saturated rings. The van der Waals surface area contributed by atoms with Crippen molar-refractivity contribution in [2.75, 3.05) is 14.2 Å². The van der Waals surface area contributed by atoms with Crippen LogP contribution in [0.3, 0.4) is 0 Å². The second-order valence-electron chi connectivity index (χ2n) is 5.35. The third kappa shape index (κ3) is 4.30. The van der Waals surface area contributed by atoms with Gasteiger partial charge in [-0.05, 0) is 61.2 Å². The van der Waals surface area contributed by atoms with E-state index in [9.17, 15) is 0 Å². The predicted octanol–water partition coefficient (Wildman–Crippen LogP) is 3.41. The van der Waals surface area contributed by atoms with Crippen LogP contribution in [-0.4, -0.2) is 25.2 Å². The van der Waals surface area contributed by atoms with E-state index in [1.807, 2.05) is 31.6 Å². The van der Waals surface area contributed by atoms with Gasteiger partial charge < -0.3 is 10.1 Å². The van der Waals surface area contributed by atoms with Gasteiger partial charge in [-0.15, -0.1) is 0 Å². The van der Waals surface area contributed by atoms with Gasteiger partial charge in [0, 0.05) is 18.4 Å². The molecule has 0 aliphatic heterocycles. The van der Waals surface area contributed by atoms with Gasteiger partial charge in [0.15, 0.2) is 0 Å². The molecule has 2 rings (SSSR count). The van der Waals surface area contributed by atoms with E-state index in [1.165, 1.54) is 11.1 Å². The molecule has 0 aliphatic rings. The molecule has 2 aromatic rings. The summed E-state index contributed by atoms with van der Waals surface area (Å²) in [6.07, 6.45) is 5.89. The van der Waals surface area contributed by atoms with Crippen LogP contribution in [0.2, 0.25) is 0 Å². The molecule has 1 aromatic carbocycles.